The summed E-state index contributed by atoms with van der Waals surface area (Å²) >= 11 is 12.1. The lowest BCUT2D eigenvalue weighted by Crippen LogP contribution is -2.44. The number of anilines is 1. The van der Waals surface area contributed by atoms with Gasteiger partial charge in [0.1, 0.15) is 0 Å². The summed E-state index contributed by atoms with van der Waals surface area (Å²) in [4.78, 5) is 2.32. The highest BCUT2D eigenvalue weighted by atomic mass is 35.5. The van der Waals surface area contributed by atoms with Crippen LogP contribution in [0.2, 0.25) is 10.0 Å². The Bertz CT molecular complexity index is 368. The standard InChI is InChI=1S/C12H16Cl2N2/c1-15-10-3-2-6-16(8-10)12-5-4-9(13)7-11(12)14/h4-5,7,10,15H,2-3,6,8H2,1H3. The molecule has 1 aromatic carbocycles. The molecule has 2 rings (SSSR count). The maximum absolute atomic E-state index is 6.21. The highest BCUT2D eigenvalue weighted by Gasteiger charge is 2.20. The molecule has 1 aliphatic rings. The minimum Gasteiger partial charge on any atom is -0.369 e. The third-order valence-corrected chi connectivity index (χ3v) is 3.62. The molecular weight excluding hydrogens is 243 g/mol. The summed E-state index contributed by atoms with van der Waals surface area (Å²) in [6, 6.07) is 6.26. The molecule has 1 aliphatic heterocycles. The van der Waals surface area contributed by atoms with Gasteiger partial charge in [-0.1, -0.05) is 23.2 Å². The maximum Gasteiger partial charge on any atom is 0.0654 e. The number of hydrogen-bond acceptors (Lipinski definition) is 2. The van der Waals surface area contributed by atoms with E-state index in [9.17, 15) is 0 Å². The summed E-state index contributed by atoms with van der Waals surface area (Å²) in [5.41, 5.74) is 1.09. The number of likely N-dealkylation sites (N-methyl/N-ethyl adjacent to an activating group) is 1. The van der Waals surface area contributed by atoms with Gasteiger partial charge in [-0.3, -0.25) is 0 Å². The molecule has 0 aromatic heterocycles. The lowest BCUT2D eigenvalue weighted by molar-refractivity contribution is 0.449. The fraction of sp³-hybridized carbons (Fsp3) is 0.500. The van der Waals surface area contributed by atoms with Crippen molar-refractivity contribution in [3.63, 3.8) is 0 Å². The smallest absolute Gasteiger partial charge is 0.0654 e. The summed E-state index contributed by atoms with van der Waals surface area (Å²) in [6.45, 7) is 2.08. The van der Waals surface area contributed by atoms with Gasteiger partial charge in [-0.25, -0.2) is 0 Å². The Balaban J connectivity index is 2.16. The number of halogens is 2. The van der Waals surface area contributed by atoms with Crippen molar-refractivity contribution in [1.29, 1.82) is 0 Å². The number of nitrogens with one attached hydrogen (secondary N) is 1. The molecule has 0 aliphatic carbocycles. The van der Waals surface area contributed by atoms with Crippen LogP contribution in [0.25, 0.3) is 0 Å². The van der Waals surface area contributed by atoms with Gasteiger partial charge in [0.15, 0.2) is 0 Å². The average Bonchev–Trinajstić information content (AvgIpc) is 2.29. The van der Waals surface area contributed by atoms with Crippen molar-refractivity contribution in [3.8, 4) is 0 Å². The first-order chi connectivity index (χ1) is 7.70. The van der Waals surface area contributed by atoms with Crippen molar-refractivity contribution < 1.29 is 0 Å². The van der Waals surface area contributed by atoms with Crippen LogP contribution >= 0.6 is 23.2 Å². The Hall–Kier alpha value is -0.440. The fourth-order valence-corrected chi connectivity index (χ4v) is 2.70. The highest BCUT2D eigenvalue weighted by Crippen LogP contribution is 2.30. The molecule has 0 amide bonds. The second kappa shape index (κ2) is 5.26. The summed E-state index contributed by atoms with van der Waals surface area (Å²) in [5.74, 6) is 0. The minimum absolute atomic E-state index is 0.556. The lowest BCUT2D eigenvalue weighted by atomic mass is 10.1. The Morgan fingerprint density at radius 2 is 2.19 bits per heavy atom. The van der Waals surface area contributed by atoms with E-state index in [1.54, 1.807) is 6.07 Å². The topological polar surface area (TPSA) is 15.3 Å². The zero-order valence-corrected chi connectivity index (χ0v) is 10.9. The molecule has 1 saturated heterocycles. The van der Waals surface area contributed by atoms with Gasteiger partial charge in [-0.2, -0.15) is 0 Å². The van der Waals surface area contributed by atoms with Crippen LogP contribution in [0.3, 0.4) is 0 Å². The molecule has 16 heavy (non-hydrogen) atoms. The van der Waals surface area contributed by atoms with Gasteiger partial charge in [-0.15, -0.1) is 0 Å². The van der Waals surface area contributed by atoms with Crippen molar-refractivity contribution in [1.82, 2.24) is 5.32 Å². The summed E-state index contributed by atoms with van der Waals surface area (Å²) in [5, 5.41) is 4.75. The first-order valence-corrected chi connectivity index (χ1v) is 6.33. The van der Waals surface area contributed by atoms with Crippen LogP contribution in [0.4, 0.5) is 5.69 Å². The number of benzene rings is 1. The molecule has 0 spiro atoms. The zero-order valence-electron chi connectivity index (χ0n) is 9.34. The lowest BCUT2D eigenvalue weighted by Gasteiger charge is -2.34. The van der Waals surface area contributed by atoms with E-state index in [1.165, 1.54) is 12.8 Å². The van der Waals surface area contributed by atoms with Crippen LogP contribution in [0.5, 0.6) is 0 Å². The van der Waals surface area contributed by atoms with Crippen LogP contribution in [0.15, 0.2) is 18.2 Å². The molecule has 1 fully saturated rings. The molecule has 1 N–H and O–H groups in total. The molecule has 0 radical (unpaired) electrons. The largest absolute Gasteiger partial charge is 0.369 e. The quantitative estimate of drug-likeness (QED) is 0.877. The first kappa shape index (κ1) is 12.0. The number of rotatable bonds is 2. The van der Waals surface area contributed by atoms with E-state index < -0.39 is 0 Å². The maximum atomic E-state index is 6.21. The zero-order chi connectivity index (χ0) is 11.5. The van der Waals surface area contributed by atoms with Crippen LogP contribution in [-0.4, -0.2) is 26.2 Å². The van der Waals surface area contributed by atoms with Crippen molar-refractivity contribution >= 4 is 28.9 Å². The van der Waals surface area contributed by atoms with E-state index >= 15 is 0 Å². The molecule has 4 heteroatoms. The fourth-order valence-electron chi connectivity index (χ4n) is 2.17. The monoisotopic (exact) mass is 258 g/mol. The van der Waals surface area contributed by atoms with Gasteiger partial charge < -0.3 is 10.2 Å². The average molecular weight is 259 g/mol. The predicted octanol–water partition coefficient (Wildman–Crippen LogP) is 3.18. The SMILES string of the molecule is CNC1CCCN(c2ccc(Cl)cc2Cl)C1. The number of hydrogen-bond donors (Lipinski definition) is 1. The summed E-state index contributed by atoms with van der Waals surface area (Å²) in [7, 11) is 2.01. The summed E-state index contributed by atoms with van der Waals surface area (Å²) in [6.07, 6.45) is 2.43. The molecule has 2 nitrogen and oxygen atoms in total. The van der Waals surface area contributed by atoms with Gasteiger partial charge in [0.2, 0.25) is 0 Å². The molecule has 1 atom stereocenters. The number of nitrogens with zero attached hydrogens (tertiary/aromatic N) is 1. The second-order valence-electron chi connectivity index (χ2n) is 4.17. The minimum atomic E-state index is 0.556. The van der Waals surface area contributed by atoms with Gasteiger partial charge in [-0.05, 0) is 38.1 Å². The first-order valence-electron chi connectivity index (χ1n) is 5.58. The van der Waals surface area contributed by atoms with Crippen molar-refractivity contribution in [2.45, 2.75) is 18.9 Å². The molecule has 88 valence electrons. The normalized spacial score (nSPS) is 21.2. The van der Waals surface area contributed by atoms with Crippen LogP contribution in [0.1, 0.15) is 12.8 Å². The predicted molar refractivity (Wildman–Crippen MR) is 70.8 cm³/mol. The molecule has 1 aromatic rings. The second-order valence-corrected chi connectivity index (χ2v) is 5.01. The third-order valence-electron chi connectivity index (χ3n) is 3.08. The summed E-state index contributed by atoms with van der Waals surface area (Å²) < 4.78 is 0. The van der Waals surface area contributed by atoms with E-state index in [-0.39, 0.29) is 0 Å². The highest BCUT2D eigenvalue weighted by molar-refractivity contribution is 6.36. The van der Waals surface area contributed by atoms with Crippen molar-refractivity contribution in [2.75, 3.05) is 25.0 Å². The van der Waals surface area contributed by atoms with E-state index in [0.29, 0.717) is 11.1 Å². The van der Waals surface area contributed by atoms with Gasteiger partial charge in [0, 0.05) is 24.2 Å². The van der Waals surface area contributed by atoms with Crippen molar-refractivity contribution in [3.05, 3.63) is 28.2 Å². The molecule has 0 bridgehead atoms. The Kier molecular flexibility index (Phi) is 3.95. The van der Waals surface area contributed by atoms with E-state index in [1.807, 2.05) is 19.2 Å². The third kappa shape index (κ3) is 2.62. The van der Waals surface area contributed by atoms with E-state index in [0.717, 1.165) is 23.8 Å². The van der Waals surface area contributed by atoms with Crippen LogP contribution < -0.4 is 10.2 Å². The van der Waals surface area contributed by atoms with Gasteiger partial charge in [0.05, 0.1) is 10.7 Å². The Labute approximate surface area is 107 Å². The van der Waals surface area contributed by atoms with Crippen LogP contribution in [-0.2, 0) is 0 Å². The van der Waals surface area contributed by atoms with Gasteiger partial charge in [0.25, 0.3) is 0 Å². The molecule has 1 unspecified atom stereocenters. The molecule has 0 saturated carbocycles. The van der Waals surface area contributed by atoms with E-state index in [4.69, 9.17) is 23.2 Å². The van der Waals surface area contributed by atoms with Crippen LogP contribution in [0, 0.1) is 0 Å². The Morgan fingerprint density at radius 1 is 1.38 bits per heavy atom. The Morgan fingerprint density at radius 3 is 2.88 bits per heavy atom. The molecule has 1 heterocycles. The van der Waals surface area contributed by atoms with Crippen molar-refractivity contribution in [2.24, 2.45) is 0 Å². The van der Waals surface area contributed by atoms with E-state index in [2.05, 4.69) is 10.2 Å². The molecular formula is C12H16Cl2N2. The van der Waals surface area contributed by atoms with Gasteiger partial charge >= 0.3 is 0 Å². The number of piperidine rings is 1.